The number of sulfonamides is 1. The standard InChI is InChI=1S/C17H18F3NO2S/c1-12-4-9-16(10-13(12)2)24(22,23)21(3)11-14-5-7-15(8-6-14)17(18,19)20/h4-10H,11H2,1-3H3. The summed E-state index contributed by atoms with van der Waals surface area (Å²) in [7, 11) is -2.30. The highest BCUT2D eigenvalue weighted by molar-refractivity contribution is 7.89. The number of aryl methyl sites for hydroxylation is 2. The second kappa shape index (κ2) is 6.57. The second-order valence-electron chi connectivity index (χ2n) is 5.70. The molecule has 0 amide bonds. The molecule has 0 spiro atoms. The van der Waals surface area contributed by atoms with Crippen molar-refractivity contribution in [2.45, 2.75) is 31.5 Å². The minimum absolute atomic E-state index is 0.00655. The first-order chi connectivity index (χ1) is 11.0. The van der Waals surface area contributed by atoms with Crippen LogP contribution in [0, 0.1) is 13.8 Å². The Kier molecular flexibility index (Phi) is 5.05. The Labute approximate surface area is 139 Å². The van der Waals surface area contributed by atoms with Gasteiger partial charge in [0, 0.05) is 13.6 Å². The molecule has 0 heterocycles. The lowest BCUT2D eigenvalue weighted by molar-refractivity contribution is -0.137. The van der Waals surface area contributed by atoms with Crippen molar-refractivity contribution in [1.29, 1.82) is 0 Å². The van der Waals surface area contributed by atoms with E-state index in [1.54, 1.807) is 12.1 Å². The molecule has 0 aromatic heterocycles. The van der Waals surface area contributed by atoms with Crippen LogP contribution in [0.5, 0.6) is 0 Å². The Hall–Kier alpha value is -1.86. The van der Waals surface area contributed by atoms with Crippen LogP contribution in [0.4, 0.5) is 13.2 Å². The summed E-state index contributed by atoms with van der Waals surface area (Å²) < 4.78 is 63.9. The Morgan fingerprint density at radius 1 is 0.958 bits per heavy atom. The molecule has 7 heteroatoms. The number of benzene rings is 2. The van der Waals surface area contributed by atoms with Gasteiger partial charge in [-0.15, -0.1) is 0 Å². The van der Waals surface area contributed by atoms with E-state index < -0.39 is 21.8 Å². The summed E-state index contributed by atoms with van der Waals surface area (Å²) in [4.78, 5) is 0.167. The van der Waals surface area contributed by atoms with Gasteiger partial charge in [0.25, 0.3) is 0 Å². The van der Waals surface area contributed by atoms with Crippen LogP contribution in [-0.4, -0.2) is 19.8 Å². The van der Waals surface area contributed by atoms with Crippen molar-refractivity contribution in [1.82, 2.24) is 4.31 Å². The molecule has 0 unspecified atom stereocenters. The smallest absolute Gasteiger partial charge is 0.207 e. The van der Waals surface area contributed by atoms with Gasteiger partial charge in [0.1, 0.15) is 0 Å². The number of halogens is 3. The van der Waals surface area contributed by atoms with E-state index in [0.29, 0.717) is 5.56 Å². The number of nitrogens with zero attached hydrogens (tertiary/aromatic N) is 1. The molecule has 24 heavy (non-hydrogen) atoms. The van der Waals surface area contributed by atoms with Crippen LogP contribution in [-0.2, 0) is 22.7 Å². The monoisotopic (exact) mass is 357 g/mol. The Balaban J connectivity index is 2.21. The molecule has 3 nitrogen and oxygen atoms in total. The molecule has 0 aliphatic heterocycles. The van der Waals surface area contributed by atoms with E-state index in [4.69, 9.17) is 0 Å². The van der Waals surface area contributed by atoms with Gasteiger partial charge in [-0.05, 0) is 54.8 Å². The van der Waals surface area contributed by atoms with Gasteiger partial charge in [0.15, 0.2) is 0 Å². The molecular formula is C17H18F3NO2S. The molecule has 130 valence electrons. The lowest BCUT2D eigenvalue weighted by Crippen LogP contribution is -2.26. The van der Waals surface area contributed by atoms with Gasteiger partial charge >= 0.3 is 6.18 Å². The van der Waals surface area contributed by atoms with Crippen LogP contribution in [0.2, 0.25) is 0 Å². The number of hydrogen-bond acceptors (Lipinski definition) is 2. The van der Waals surface area contributed by atoms with Gasteiger partial charge in [-0.2, -0.15) is 17.5 Å². The summed E-state index contributed by atoms with van der Waals surface area (Å²) in [6, 6.07) is 9.32. The van der Waals surface area contributed by atoms with E-state index in [1.807, 2.05) is 13.8 Å². The summed E-state index contributed by atoms with van der Waals surface area (Å²) >= 11 is 0. The van der Waals surface area contributed by atoms with Gasteiger partial charge < -0.3 is 0 Å². The van der Waals surface area contributed by atoms with Crippen molar-refractivity contribution in [3.05, 3.63) is 64.7 Å². The fraction of sp³-hybridized carbons (Fsp3) is 0.294. The van der Waals surface area contributed by atoms with E-state index in [0.717, 1.165) is 27.6 Å². The fourth-order valence-electron chi connectivity index (χ4n) is 2.20. The Bertz CT molecular complexity index is 828. The summed E-state index contributed by atoms with van der Waals surface area (Å²) in [6.07, 6.45) is -4.41. The summed E-state index contributed by atoms with van der Waals surface area (Å²) in [5, 5.41) is 0. The molecule has 2 aromatic carbocycles. The first-order valence-corrected chi connectivity index (χ1v) is 8.65. The molecule has 2 aromatic rings. The van der Waals surface area contributed by atoms with Crippen LogP contribution >= 0.6 is 0 Å². The topological polar surface area (TPSA) is 37.4 Å². The van der Waals surface area contributed by atoms with Crippen molar-refractivity contribution in [3.63, 3.8) is 0 Å². The number of alkyl halides is 3. The summed E-state index contributed by atoms with van der Waals surface area (Å²) in [5.41, 5.74) is 1.57. The zero-order chi connectivity index (χ0) is 18.1. The molecule has 0 aliphatic carbocycles. The third-order valence-corrected chi connectivity index (χ3v) is 5.67. The minimum Gasteiger partial charge on any atom is -0.207 e. The highest BCUT2D eigenvalue weighted by Crippen LogP contribution is 2.29. The SMILES string of the molecule is Cc1ccc(S(=O)(=O)N(C)Cc2ccc(C(F)(F)F)cc2)cc1C. The quantitative estimate of drug-likeness (QED) is 0.825. The van der Waals surface area contributed by atoms with E-state index in [-0.39, 0.29) is 11.4 Å². The van der Waals surface area contributed by atoms with E-state index >= 15 is 0 Å². The number of hydrogen-bond donors (Lipinski definition) is 0. The van der Waals surface area contributed by atoms with Crippen molar-refractivity contribution in [3.8, 4) is 0 Å². The van der Waals surface area contributed by atoms with Crippen molar-refractivity contribution >= 4 is 10.0 Å². The fourth-order valence-corrected chi connectivity index (χ4v) is 3.44. The molecule has 0 atom stereocenters. The summed E-state index contributed by atoms with van der Waals surface area (Å²) in [6.45, 7) is 3.70. The lowest BCUT2D eigenvalue weighted by atomic mass is 10.1. The number of rotatable bonds is 4. The molecule has 0 saturated carbocycles. The van der Waals surface area contributed by atoms with E-state index in [1.165, 1.54) is 25.2 Å². The van der Waals surface area contributed by atoms with Gasteiger partial charge in [0.2, 0.25) is 10.0 Å². The lowest BCUT2D eigenvalue weighted by Gasteiger charge is -2.18. The van der Waals surface area contributed by atoms with Crippen molar-refractivity contribution in [2.75, 3.05) is 7.05 Å². The molecule has 0 N–H and O–H groups in total. The zero-order valence-electron chi connectivity index (χ0n) is 13.6. The normalized spacial score (nSPS) is 12.6. The predicted octanol–water partition coefficient (Wildman–Crippen LogP) is 4.14. The maximum atomic E-state index is 12.6. The predicted molar refractivity (Wildman–Crippen MR) is 86.0 cm³/mol. The minimum atomic E-state index is -4.41. The average Bonchev–Trinajstić information content (AvgIpc) is 2.49. The molecule has 0 aliphatic rings. The van der Waals surface area contributed by atoms with Crippen LogP contribution in [0.15, 0.2) is 47.4 Å². The van der Waals surface area contributed by atoms with Gasteiger partial charge in [0.05, 0.1) is 10.5 Å². The maximum Gasteiger partial charge on any atom is 0.416 e. The Morgan fingerprint density at radius 3 is 2.04 bits per heavy atom. The molecular weight excluding hydrogens is 339 g/mol. The summed E-state index contributed by atoms with van der Waals surface area (Å²) in [5.74, 6) is 0. The zero-order valence-corrected chi connectivity index (χ0v) is 14.4. The van der Waals surface area contributed by atoms with E-state index in [2.05, 4.69) is 0 Å². The van der Waals surface area contributed by atoms with Crippen LogP contribution in [0.1, 0.15) is 22.3 Å². The van der Waals surface area contributed by atoms with Crippen LogP contribution < -0.4 is 0 Å². The molecule has 0 bridgehead atoms. The van der Waals surface area contributed by atoms with Crippen LogP contribution in [0.25, 0.3) is 0 Å². The van der Waals surface area contributed by atoms with Crippen molar-refractivity contribution in [2.24, 2.45) is 0 Å². The molecule has 2 rings (SSSR count). The highest BCUT2D eigenvalue weighted by atomic mass is 32.2. The third-order valence-electron chi connectivity index (χ3n) is 3.87. The van der Waals surface area contributed by atoms with Crippen LogP contribution in [0.3, 0.4) is 0 Å². The third kappa shape index (κ3) is 3.96. The maximum absolute atomic E-state index is 12.6. The molecule has 0 saturated heterocycles. The average molecular weight is 357 g/mol. The van der Waals surface area contributed by atoms with Gasteiger partial charge in [-0.3, -0.25) is 0 Å². The van der Waals surface area contributed by atoms with Crippen molar-refractivity contribution < 1.29 is 21.6 Å². The largest absolute Gasteiger partial charge is 0.416 e. The molecule has 0 radical (unpaired) electrons. The first-order valence-electron chi connectivity index (χ1n) is 7.21. The van der Waals surface area contributed by atoms with Gasteiger partial charge in [-0.25, -0.2) is 8.42 Å². The molecule has 0 fully saturated rings. The Morgan fingerprint density at radius 2 is 1.54 bits per heavy atom. The van der Waals surface area contributed by atoms with Gasteiger partial charge in [-0.1, -0.05) is 18.2 Å². The van der Waals surface area contributed by atoms with E-state index in [9.17, 15) is 21.6 Å². The highest BCUT2D eigenvalue weighted by Gasteiger charge is 2.30. The first kappa shape index (κ1) is 18.5. The second-order valence-corrected chi connectivity index (χ2v) is 7.75.